The van der Waals surface area contributed by atoms with Crippen molar-refractivity contribution in [3.63, 3.8) is 0 Å². The van der Waals surface area contributed by atoms with E-state index in [0.717, 1.165) is 26.1 Å². The van der Waals surface area contributed by atoms with E-state index in [9.17, 15) is 8.42 Å². The van der Waals surface area contributed by atoms with Crippen LogP contribution in [0.1, 0.15) is 18.4 Å². The number of rotatable bonds is 9. The molecule has 0 atom stereocenters. The summed E-state index contributed by atoms with van der Waals surface area (Å²) < 4.78 is 45.0. The molecule has 0 bridgehead atoms. The molecule has 6 nitrogen and oxygen atoms in total. The Morgan fingerprint density at radius 3 is 2.80 bits per heavy atom. The summed E-state index contributed by atoms with van der Waals surface area (Å²) in [5, 5.41) is 1.75. The summed E-state index contributed by atoms with van der Waals surface area (Å²) in [7, 11) is -2.36. The van der Waals surface area contributed by atoms with Gasteiger partial charge in [0, 0.05) is 6.42 Å². The molecule has 0 spiro atoms. The third kappa shape index (κ3) is 5.60. The van der Waals surface area contributed by atoms with Crippen molar-refractivity contribution in [2.24, 2.45) is 0 Å². The molecule has 2 aromatic rings. The van der Waals surface area contributed by atoms with E-state index in [1.165, 1.54) is 11.8 Å². The smallest absolute Gasteiger partial charge is 0.267 e. The van der Waals surface area contributed by atoms with Crippen LogP contribution in [-0.4, -0.2) is 38.7 Å². The summed E-state index contributed by atoms with van der Waals surface area (Å²) in [4.78, 5) is 0. The third-order valence-electron chi connectivity index (χ3n) is 3.45. The van der Waals surface area contributed by atoms with E-state index in [-0.39, 0.29) is 5.75 Å². The second-order valence-electron chi connectivity index (χ2n) is 5.17. The SMILES string of the molecule is CCO/C(=C\c1sc2ccc(OC)cc2[n+]1CCCS(=O)(=O)O)SC. The molecule has 1 aromatic carbocycles. The Labute approximate surface area is 156 Å². The van der Waals surface area contributed by atoms with Crippen molar-refractivity contribution in [3.05, 3.63) is 28.3 Å². The molecule has 9 heteroatoms. The van der Waals surface area contributed by atoms with Gasteiger partial charge in [0.05, 0.1) is 31.6 Å². The maximum absolute atomic E-state index is 11.0. The monoisotopic (exact) mass is 404 g/mol. The van der Waals surface area contributed by atoms with Crippen LogP contribution in [0.2, 0.25) is 0 Å². The molecule has 0 unspecified atom stereocenters. The number of fused-ring (bicyclic) bond motifs is 1. The van der Waals surface area contributed by atoms with Gasteiger partial charge in [-0.3, -0.25) is 4.55 Å². The van der Waals surface area contributed by atoms with Crippen LogP contribution >= 0.6 is 23.1 Å². The van der Waals surface area contributed by atoms with Gasteiger partial charge in [0.25, 0.3) is 15.1 Å². The minimum atomic E-state index is -3.97. The van der Waals surface area contributed by atoms with Crippen LogP contribution in [0.3, 0.4) is 0 Å². The highest BCUT2D eigenvalue weighted by atomic mass is 32.2. The van der Waals surface area contributed by atoms with Crippen LogP contribution < -0.4 is 9.30 Å². The molecule has 0 aliphatic rings. The van der Waals surface area contributed by atoms with Crippen LogP contribution in [0.5, 0.6) is 5.75 Å². The van der Waals surface area contributed by atoms with Crippen molar-refractivity contribution in [1.29, 1.82) is 0 Å². The van der Waals surface area contributed by atoms with Gasteiger partial charge < -0.3 is 9.47 Å². The molecule has 0 saturated carbocycles. The maximum atomic E-state index is 11.0. The first kappa shape index (κ1) is 20.0. The minimum absolute atomic E-state index is 0.273. The van der Waals surface area contributed by atoms with Crippen molar-refractivity contribution in [3.8, 4) is 5.75 Å². The van der Waals surface area contributed by atoms with Gasteiger partial charge in [-0.15, -0.1) is 0 Å². The molecule has 1 aromatic heterocycles. The van der Waals surface area contributed by atoms with Gasteiger partial charge in [-0.1, -0.05) is 23.1 Å². The molecular weight excluding hydrogens is 382 g/mol. The van der Waals surface area contributed by atoms with E-state index in [0.29, 0.717) is 19.6 Å². The number of thioether (sulfide) groups is 1. The normalized spacial score (nSPS) is 12.6. The summed E-state index contributed by atoms with van der Waals surface area (Å²) in [6.07, 6.45) is 4.22. The highest BCUT2D eigenvalue weighted by molar-refractivity contribution is 8.02. The average molecular weight is 405 g/mol. The third-order valence-corrected chi connectivity index (χ3v) is 6.01. The molecule has 25 heavy (non-hydrogen) atoms. The van der Waals surface area contributed by atoms with Gasteiger partial charge in [-0.25, -0.2) is 0 Å². The lowest BCUT2D eigenvalue weighted by Gasteiger charge is -2.03. The predicted molar refractivity (Wildman–Crippen MR) is 103 cm³/mol. The zero-order valence-electron chi connectivity index (χ0n) is 14.4. The van der Waals surface area contributed by atoms with E-state index in [2.05, 4.69) is 0 Å². The number of hydrogen-bond donors (Lipinski definition) is 1. The predicted octanol–water partition coefficient (Wildman–Crippen LogP) is 3.17. The molecule has 1 N–H and O–H groups in total. The Balaban J connectivity index is 2.45. The summed E-state index contributed by atoms with van der Waals surface area (Å²) >= 11 is 3.11. The molecule has 0 radical (unpaired) electrons. The van der Waals surface area contributed by atoms with Crippen molar-refractivity contribution in [2.75, 3.05) is 25.7 Å². The maximum Gasteiger partial charge on any atom is 0.267 e. The van der Waals surface area contributed by atoms with Crippen LogP contribution in [0.4, 0.5) is 0 Å². The lowest BCUT2D eigenvalue weighted by atomic mass is 10.3. The van der Waals surface area contributed by atoms with Gasteiger partial charge in [0.15, 0.2) is 11.6 Å². The molecule has 0 fully saturated rings. The number of nitrogens with zero attached hydrogens (tertiary/aromatic N) is 1. The van der Waals surface area contributed by atoms with E-state index in [1.54, 1.807) is 18.4 Å². The van der Waals surface area contributed by atoms with E-state index in [1.807, 2.05) is 42.0 Å². The number of hydrogen-bond acceptors (Lipinski definition) is 6. The Hall–Kier alpha value is -1.29. The molecule has 0 aliphatic carbocycles. The second-order valence-corrected chi connectivity index (χ2v) is 8.61. The first-order valence-corrected chi connectivity index (χ1v) is 11.4. The summed E-state index contributed by atoms with van der Waals surface area (Å²) in [5.41, 5.74) is 0.961. The van der Waals surface area contributed by atoms with Crippen LogP contribution in [0, 0.1) is 0 Å². The quantitative estimate of drug-likeness (QED) is 0.393. The standard InChI is InChI=1S/C16H21NO5S3/c1-4-22-16(23-3)11-15-17(8-5-9-25(18,19)20)13-10-12(21-2)6-7-14(13)24-15/h6-7,10-11H,4-5,8-9H2,1-3H3/p+1/b16-11+. The van der Waals surface area contributed by atoms with Gasteiger partial charge in [0.2, 0.25) is 5.52 Å². The van der Waals surface area contributed by atoms with Gasteiger partial charge in [-0.05, 0) is 25.3 Å². The summed E-state index contributed by atoms with van der Waals surface area (Å²) in [6.45, 7) is 2.97. The first-order chi connectivity index (χ1) is 11.9. The lowest BCUT2D eigenvalue weighted by molar-refractivity contribution is -0.668. The van der Waals surface area contributed by atoms with E-state index in [4.69, 9.17) is 14.0 Å². The van der Waals surface area contributed by atoms with Crippen molar-refractivity contribution >= 4 is 49.5 Å². The van der Waals surface area contributed by atoms with Crippen molar-refractivity contribution < 1.29 is 27.0 Å². The number of aromatic nitrogens is 1. The summed E-state index contributed by atoms with van der Waals surface area (Å²) in [6, 6.07) is 5.80. The second kappa shape index (κ2) is 8.88. The fraction of sp³-hybridized carbons (Fsp3) is 0.438. The molecule has 0 saturated heterocycles. The van der Waals surface area contributed by atoms with E-state index < -0.39 is 10.1 Å². The zero-order valence-corrected chi connectivity index (χ0v) is 16.8. The molecule has 138 valence electrons. The van der Waals surface area contributed by atoms with Crippen LogP contribution in [-0.2, 0) is 21.4 Å². The van der Waals surface area contributed by atoms with Gasteiger partial charge in [0.1, 0.15) is 10.4 Å². The average Bonchev–Trinajstić information content (AvgIpc) is 2.90. The molecule has 2 rings (SSSR count). The fourth-order valence-corrected chi connectivity index (χ4v) is 4.49. The Kier molecular flexibility index (Phi) is 7.12. The molecule has 0 aliphatic heterocycles. The Bertz CT molecular complexity index is 858. The van der Waals surface area contributed by atoms with E-state index >= 15 is 0 Å². The number of methoxy groups -OCH3 is 1. The summed E-state index contributed by atoms with van der Waals surface area (Å²) in [5.74, 6) is 0.463. The minimum Gasteiger partial charge on any atom is -0.497 e. The topological polar surface area (TPSA) is 76.7 Å². The highest BCUT2D eigenvalue weighted by Crippen LogP contribution is 2.27. The van der Waals surface area contributed by atoms with Crippen LogP contribution in [0.25, 0.3) is 16.3 Å². The molecule has 1 heterocycles. The largest absolute Gasteiger partial charge is 0.497 e. The fourth-order valence-electron chi connectivity index (χ4n) is 2.35. The first-order valence-electron chi connectivity index (χ1n) is 7.72. The number of thiazole rings is 1. The molecule has 0 amide bonds. The molecular formula is C16H22NO5S3+. The number of benzene rings is 1. The van der Waals surface area contributed by atoms with Crippen molar-refractivity contribution in [1.82, 2.24) is 0 Å². The van der Waals surface area contributed by atoms with Gasteiger partial charge >= 0.3 is 0 Å². The number of aryl methyl sites for hydroxylation is 1. The number of ether oxygens (including phenoxy) is 2. The Morgan fingerprint density at radius 2 is 2.20 bits per heavy atom. The van der Waals surface area contributed by atoms with Crippen molar-refractivity contribution in [2.45, 2.75) is 19.9 Å². The highest BCUT2D eigenvalue weighted by Gasteiger charge is 2.21. The zero-order chi connectivity index (χ0) is 18.4. The van der Waals surface area contributed by atoms with Crippen LogP contribution in [0.15, 0.2) is 23.3 Å². The lowest BCUT2D eigenvalue weighted by Crippen LogP contribution is -2.36. The van der Waals surface area contributed by atoms with Gasteiger partial charge in [-0.2, -0.15) is 13.0 Å². The Morgan fingerprint density at radius 1 is 1.44 bits per heavy atom.